The first-order valence-electron chi connectivity index (χ1n) is 8.24. The largest absolute Gasteiger partial charge is 0.384 e. The molecule has 1 aliphatic carbocycles. The highest BCUT2D eigenvalue weighted by atomic mass is 32.2. The van der Waals surface area contributed by atoms with E-state index in [9.17, 15) is 0 Å². The van der Waals surface area contributed by atoms with Crippen LogP contribution < -0.4 is 11.1 Å². The van der Waals surface area contributed by atoms with E-state index >= 15 is 0 Å². The quantitative estimate of drug-likeness (QED) is 0.740. The van der Waals surface area contributed by atoms with Crippen molar-refractivity contribution in [1.29, 1.82) is 0 Å². The second-order valence-corrected chi connectivity index (χ2v) is 7.08. The molecule has 1 aromatic rings. The molecule has 0 heterocycles. The lowest BCUT2D eigenvalue weighted by Crippen LogP contribution is -2.20. The molecule has 22 heavy (non-hydrogen) atoms. The van der Waals surface area contributed by atoms with E-state index in [2.05, 4.69) is 42.7 Å². The van der Waals surface area contributed by atoms with Crippen LogP contribution in [0.4, 0.5) is 0 Å². The van der Waals surface area contributed by atoms with E-state index in [1.807, 2.05) is 11.8 Å². The van der Waals surface area contributed by atoms with Crippen LogP contribution in [0.25, 0.3) is 5.70 Å². The number of nitrogens with one attached hydrogen (secondary N) is 1. The Labute approximate surface area is 139 Å². The number of nitrogens with two attached hydrogens (primary N) is 1. The molecular weight excluding hydrogens is 288 g/mol. The van der Waals surface area contributed by atoms with E-state index < -0.39 is 0 Å². The minimum Gasteiger partial charge on any atom is -0.384 e. The van der Waals surface area contributed by atoms with Crippen LogP contribution >= 0.6 is 11.8 Å². The van der Waals surface area contributed by atoms with E-state index in [4.69, 9.17) is 5.73 Å². The molecule has 0 bridgehead atoms. The first-order chi connectivity index (χ1) is 10.7. The molecule has 1 aromatic carbocycles. The molecular formula is C19H28N2S. The van der Waals surface area contributed by atoms with Crippen molar-refractivity contribution in [2.45, 2.75) is 37.9 Å². The molecule has 1 aliphatic rings. The lowest BCUT2D eigenvalue weighted by atomic mass is 9.89. The first-order valence-corrected chi connectivity index (χ1v) is 9.23. The fourth-order valence-electron chi connectivity index (χ4n) is 2.85. The smallest absolute Gasteiger partial charge is 0.0341 e. The fourth-order valence-corrected chi connectivity index (χ4v) is 3.86. The normalized spacial score (nSPS) is 15.5. The fraction of sp³-hybridized carbons (Fsp3) is 0.474. The Morgan fingerprint density at radius 1 is 1.14 bits per heavy atom. The maximum Gasteiger partial charge on any atom is 0.0341 e. The van der Waals surface area contributed by atoms with E-state index in [1.54, 1.807) is 0 Å². The minimum atomic E-state index is 0.622. The van der Waals surface area contributed by atoms with Gasteiger partial charge in [-0.25, -0.2) is 0 Å². The molecule has 1 fully saturated rings. The third kappa shape index (κ3) is 5.22. The third-order valence-corrected chi connectivity index (χ3v) is 5.45. The van der Waals surface area contributed by atoms with Crippen molar-refractivity contribution < 1.29 is 0 Å². The van der Waals surface area contributed by atoms with Gasteiger partial charge in [-0.15, -0.1) is 11.8 Å². The van der Waals surface area contributed by atoms with Crippen molar-refractivity contribution >= 4 is 17.5 Å². The standard InChI is InChI=1S/C19H28N2S/c1-15(21-13-12-20)18-10-8-17(9-11-18)14-22-16(2)19-6-4-3-5-7-19/h8-11,19,21H,1-7,12-14,20H2. The summed E-state index contributed by atoms with van der Waals surface area (Å²) < 4.78 is 0. The predicted molar refractivity (Wildman–Crippen MR) is 99.5 cm³/mol. The molecule has 0 aromatic heterocycles. The van der Waals surface area contributed by atoms with Crippen LogP contribution in [0.3, 0.4) is 0 Å². The third-order valence-electron chi connectivity index (χ3n) is 4.27. The highest BCUT2D eigenvalue weighted by molar-refractivity contribution is 8.02. The predicted octanol–water partition coefficient (Wildman–Crippen LogP) is 4.53. The summed E-state index contributed by atoms with van der Waals surface area (Å²) in [4.78, 5) is 1.37. The number of hydrogen-bond donors (Lipinski definition) is 2. The molecule has 0 amide bonds. The van der Waals surface area contributed by atoms with Crippen molar-refractivity contribution in [3.63, 3.8) is 0 Å². The van der Waals surface area contributed by atoms with Gasteiger partial charge < -0.3 is 11.1 Å². The summed E-state index contributed by atoms with van der Waals surface area (Å²) in [5.74, 6) is 1.75. The van der Waals surface area contributed by atoms with Gasteiger partial charge in [0.05, 0.1) is 0 Å². The van der Waals surface area contributed by atoms with Gasteiger partial charge in [0.1, 0.15) is 0 Å². The van der Waals surface area contributed by atoms with Crippen LogP contribution in [0.5, 0.6) is 0 Å². The zero-order chi connectivity index (χ0) is 15.8. The van der Waals surface area contributed by atoms with Crippen molar-refractivity contribution in [3.8, 4) is 0 Å². The zero-order valence-corrected chi connectivity index (χ0v) is 14.3. The molecule has 2 rings (SSSR count). The molecule has 1 saturated carbocycles. The van der Waals surface area contributed by atoms with E-state index in [-0.39, 0.29) is 0 Å². The van der Waals surface area contributed by atoms with Gasteiger partial charge in [0, 0.05) is 24.5 Å². The number of thioether (sulfide) groups is 1. The average molecular weight is 317 g/mol. The van der Waals surface area contributed by atoms with Crippen molar-refractivity contribution in [3.05, 3.63) is 53.5 Å². The Morgan fingerprint density at radius 2 is 1.82 bits per heavy atom. The van der Waals surface area contributed by atoms with E-state index in [0.29, 0.717) is 6.54 Å². The van der Waals surface area contributed by atoms with Crippen LogP contribution in [0.15, 0.2) is 42.3 Å². The number of benzene rings is 1. The Bertz CT molecular complexity index is 487. The maximum atomic E-state index is 5.49. The highest BCUT2D eigenvalue weighted by Gasteiger charge is 2.16. The molecule has 120 valence electrons. The second kappa shape index (κ2) is 9.06. The molecule has 0 unspecified atom stereocenters. The molecule has 3 N–H and O–H groups in total. The van der Waals surface area contributed by atoms with Gasteiger partial charge in [0.15, 0.2) is 0 Å². The number of hydrogen-bond acceptors (Lipinski definition) is 3. The Balaban J connectivity index is 1.80. The van der Waals surface area contributed by atoms with Crippen LogP contribution in [-0.4, -0.2) is 13.1 Å². The van der Waals surface area contributed by atoms with Gasteiger partial charge in [0.2, 0.25) is 0 Å². The molecule has 0 radical (unpaired) electrons. The molecule has 2 nitrogen and oxygen atoms in total. The van der Waals surface area contributed by atoms with E-state index in [0.717, 1.165) is 29.5 Å². The van der Waals surface area contributed by atoms with Crippen LogP contribution in [0.1, 0.15) is 43.2 Å². The van der Waals surface area contributed by atoms with Gasteiger partial charge in [-0.2, -0.15) is 0 Å². The molecule has 0 spiro atoms. The highest BCUT2D eigenvalue weighted by Crippen LogP contribution is 2.35. The first kappa shape index (κ1) is 17.2. The molecule has 0 atom stereocenters. The minimum absolute atomic E-state index is 0.622. The van der Waals surface area contributed by atoms with Crippen LogP contribution in [0, 0.1) is 5.92 Å². The lowest BCUT2D eigenvalue weighted by molar-refractivity contribution is 0.415. The van der Waals surface area contributed by atoms with Gasteiger partial charge in [-0.1, -0.05) is 56.7 Å². The maximum absolute atomic E-state index is 5.49. The zero-order valence-electron chi connectivity index (χ0n) is 13.4. The topological polar surface area (TPSA) is 38.0 Å². The lowest BCUT2D eigenvalue weighted by Gasteiger charge is -2.23. The monoisotopic (exact) mass is 316 g/mol. The number of rotatable bonds is 8. The van der Waals surface area contributed by atoms with Crippen molar-refractivity contribution in [1.82, 2.24) is 5.32 Å². The Hall–Kier alpha value is -1.19. The summed E-state index contributed by atoms with van der Waals surface area (Å²) in [5, 5.41) is 3.22. The van der Waals surface area contributed by atoms with E-state index in [1.165, 1.54) is 42.6 Å². The van der Waals surface area contributed by atoms with Gasteiger partial charge in [-0.3, -0.25) is 0 Å². The summed E-state index contributed by atoms with van der Waals surface area (Å²) in [6.45, 7) is 9.73. The van der Waals surface area contributed by atoms with Gasteiger partial charge in [-0.05, 0) is 34.8 Å². The number of allylic oxidation sites excluding steroid dienone is 1. The Morgan fingerprint density at radius 3 is 2.45 bits per heavy atom. The molecule has 0 saturated heterocycles. The SMILES string of the molecule is C=C(NCCN)c1ccc(CSC(=C)C2CCCCC2)cc1. The Kier molecular flexibility index (Phi) is 7.07. The summed E-state index contributed by atoms with van der Waals surface area (Å²) in [7, 11) is 0. The second-order valence-electron chi connectivity index (χ2n) is 5.98. The molecule has 0 aliphatic heterocycles. The van der Waals surface area contributed by atoms with Crippen molar-refractivity contribution in [2.24, 2.45) is 11.7 Å². The molecule has 3 heteroatoms. The summed E-state index contributed by atoms with van der Waals surface area (Å²) in [6, 6.07) is 8.63. The van der Waals surface area contributed by atoms with Crippen LogP contribution in [0.2, 0.25) is 0 Å². The summed E-state index contributed by atoms with van der Waals surface area (Å²) >= 11 is 1.92. The van der Waals surface area contributed by atoms with Crippen molar-refractivity contribution in [2.75, 3.05) is 13.1 Å². The van der Waals surface area contributed by atoms with Crippen LogP contribution in [-0.2, 0) is 5.75 Å². The summed E-state index contributed by atoms with van der Waals surface area (Å²) in [5.41, 5.74) is 8.91. The van der Waals surface area contributed by atoms with Gasteiger partial charge >= 0.3 is 0 Å². The average Bonchev–Trinajstić information content (AvgIpc) is 2.58. The summed E-state index contributed by atoms with van der Waals surface area (Å²) in [6.07, 6.45) is 6.81. The van der Waals surface area contributed by atoms with Gasteiger partial charge in [0.25, 0.3) is 0 Å².